The van der Waals surface area contributed by atoms with Crippen LogP contribution in [0.4, 0.5) is 5.69 Å². The van der Waals surface area contributed by atoms with Crippen molar-refractivity contribution < 1.29 is 9.59 Å². The Morgan fingerprint density at radius 1 is 1.07 bits per heavy atom. The molecule has 1 fully saturated rings. The molecular weight excluding hydrogens is 450 g/mol. The number of hydrogen-bond donors (Lipinski definition) is 2. The van der Waals surface area contributed by atoms with Crippen molar-refractivity contribution in [1.29, 1.82) is 0 Å². The first kappa shape index (κ1) is 18.6. The molecule has 1 saturated heterocycles. The standard InChI is InChI=1S/C21H16BrN5O3/c1-11-18(14-10-17(28)26(19(14)29)13-8-6-12(22)7-9-13)20(30)27(25-11)21-23-15-4-2-3-5-16(15)24-21/h2-9,14,25H,10H2,1H3,(H,23,24)/t14-/m1/s1. The molecule has 1 atom stereocenters. The molecule has 150 valence electrons. The number of aromatic amines is 2. The van der Waals surface area contributed by atoms with Gasteiger partial charge in [-0.25, -0.2) is 4.98 Å². The molecule has 30 heavy (non-hydrogen) atoms. The molecule has 9 heteroatoms. The number of imidazole rings is 1. The van der Waals surface area contributed by atoms with Gasteiger partial charge in [0.05, 0.1) is 28.2 Å². The molecule has 0 radical (unpaired) electrons. The Morgan fingerprint density at radius 3 is 2.53 bits per heavy atom. The largest absolute Gasteiger partial charge is 0.322 e. The van der Waals surface area contributed by atoms with E-state index in [9.17, 15) is 14.4 Å². The van der Waals surface area contributed by atoms with Crippen molar-refractivity contribution >= 4 is 44.5 Å². The number of halogens is 1. The molecule has 0 unspecified atom stereocenters. The van der Waals surface area contributed by atoms with Crippen LogP contribution >= 0.6 is 15.9 Å². The lowest BCUT2D eigenvalue weighted by Crippen LogP contribution is -2.31. The third kappa shape index (κ3) is 2.81. The number of fused-ring (bicyclic) bond motifs is 1. The maximum atomic E-state index is 13.2. The van der Waals surface area contributed by atoms with Crippen LogP contribution in [0.15, 0.2) is 57.8 Å². The zero-order valence-electron chi connectivity index (χ0n) is 15.8. The van der Waals surface area contributed by atoms with Crippen LogP contribution in [-0.4, -0.2) is 31.6 Å². The lowest BCUT2D eigenvalue weighted by molar-refractivity contribution is -0.121. The Bertz CT molecular complexity index is 1330. The van der Waals surface area contributed by atoms with Gasteiger partial charge in [-0.1, -0.05) is 28.1 Å². The minimum atomic E-state index is -0.837. The van der Waals surface area contributed by atoms with E-state index in [1.165, 1.54) is 4.68 Å². The summed E-state index contributed by atoms with van der Waals surface area (Å²) < 4.78 is 2.13. The van der Waals surface area contributed by atoms with Crippen molar-refractivity contribution in [3.05, 3.63) is 74.6 Å². The highest BCUT2D eigenvalue weighted by molar-refractivity contribution is 9.10. The first-order chi connectivity index (χ1) is 14.4. The van der Waals surface area contributed by atoms with Gasteiger partial charge in [-0.2, -0.15) is 4.68 Å². The molecular formula is C21H16BrN5O3. The monoisotopic (exact) mass is 465 g/mol. The third-order valence-electron chi connectivity index (χ3n) is 5.29. The predicted octanol–water partition coefficient (Wildman–Crippen LogP) is 3.16. The van der Waals surface area contributed by atoms with E-state index >= 15 is 0 Å². The fourth-order valence-electron chi connectivity index (χ4n) is 3.88. The van der Waals surface area contributed by atoms with Gasteiger partial charge in [0.2, 0.25) is 17.8 Å². The lowest BCUT2D eigenvalue weighted by Gasteiger charge is -2.14. The number of imide groups is 1. The van der Waals surface area contributed by atoms with E-state index in [2.05, 4.69) is 31.0 Å². The second-order valence-electron chi connectivity index (χ2n) is 7.17. The average molecular weight is 466 g/mol. The van der Waals surface area contributed by atoms with Gasteiger partial charge in [0.15, 0.2) is 0 Å². The summed E-state index contributed by atoms with van der Waals surface area (Å²) in [7, 11) is 0. The number of carbonyl (C=O) groups is 2. The molecule has 0 saturated carbocycles. The number of nitrogens with one attached hydrogen (secondary N) is 2. The van der Waals surface area contributed by atoms with Gasteiger partial charge in [-0.05, 0) is 43.3 Å². The van der Waals surface area contributed by atoms with Crippen LogP contribution in [-0.2, 0) is 9.59 Å². The van der Waals surface area contributed by atoms with Crippen LogP contribution in [0.25, 0.3) is 17.0 Å². The molecule has 4 aromatic rings. The first-order valence-corrected chi connectivity index (χ1v) is 10.1. The van der Waals surface area contributed by atoms with Crippen molar-refractivity contribution in [2.45, 2.75) is 19.3 Å². The van der Waals surface area contributed by atoms with Crippen molar-refractivity contribution in [1.82, 2.24) is 19.7 Å². The molecule has 2 aromatic heterocycles. The van der Waals surface area contributed by atoms with Gasteiger partial charge in [0.1, 0.15) is 0 Å². The fourth-order valence-corrected chi connectivity index (χ4v) is 4.15. The summed E-state index contributed by atoms with van der Waals surface area (Å²) >= 11 is 3.34. The zero-order valence-corrected chi connectivity index (χ0v) is 17.4. The quantitative estimate of drug-likeness (QED) is 0.453. The van der Waals surface area contributed by atoms with Crippen molar-refractivity contribution in [3.63, 3.8) is 0 Å². The van der Waals surface area contributed by atoms with Crippen molar-refractivity contribution in [3.8, 4) is 5.95 Å². The van der Waals surface area contributed by atoms with Crippen LogP contribution < -0.4 is 10.5 Å². The minimum absolute atomic E-state index is 0.0526. The number of H-pyrrole nitrogens is 2. The lowest BCUT2D eigenvalue weighted by atomic mass is 9.98. The average Bonchev–Trinajstić information content (AvgIpc) is 3.36. The molecule has 1 aliphatic heterocycles. The summed E-state index contributed by atoms with van der Waals surface area (Å²) in [6.07, 6.45) is -0.0526. The normalized spacial score (nSPS) is 16.7. The van der Waals surface area contributed by atoms with Crippen LogP contribution in [0.1, 0.15) is 23.6 Å². The third-order valence-corrected chi connectivity index (χ3v) is 5.81. The number of aryl methyl sites for hydroxylation is 1. The number of carbonyl (C=O) groups excluding carboxylic acids is 2. The SMILES string of the molecule is Cc1[nH]n(-c2nc3ccccc3[nH]2)c(=O)c1[C@H]1CC(=O)N(c2ccc(Br)cc2)C1=O. The summed E-state index contributed by atoms with van der Waals surface area (Å²) in [5, 5.41) is 2.99. The van der Waals surface area contributed by atoms with Crippen molar-refractivity contribution in [2.24, 2.45) is 0 Å². The van der Waals surface area contributed by atoms with Crippen LogP contribution in [0, 0.1) is 6.92 Å². The summed E-state index contributed by atoms with van der Waals surface area (Å²) in [5.41, 5.74) is 2.43. The maximum absolute atomic E-state index is 13.2. The molecule has 2 N–H and O–H groups in total. The molecule has 8 nitrogen and oxygen atoms in total. The summed E-state index contributed by atoms with van der Waals surface area (Å²) in [5.74, 6) is -1.24. The second-order valence-corrected chi connectivity index (χ2v) is 8.08. The van der Waals surface area contributed by atoms with Crippen molar-refractivity contribution in [2.75, 3.05) is 4.90 Å². The summed E-state index contributed by atoms with van der Waals surface area (Å²) in [6.45, 7) is 1.72. The van der Waals surface area contributed by atoms with E-state index in [0.717, 1.165) is 20.4 Å². The van der Waals surface area contributed by atoms with E-state index in [1.807, 2.05) is 24.3 Å². The number of nitrogens with zero attached hydrogens (tertiary/aromatic N) is 3. The number of hydrogen-bond acceptors (Lipinski definition) is 4. The van der Waals surface area contributed by atoms with Crippen LogP contribution in [0.2, 0.25) is 0 Å². The van der Waals surface area contributed by atoms with Gasteiger partial charge < -0.3 is 4.98 Å². The number of rotatable bonds is 3. The molecule has 1 aliphatic rings. The van der Waals surface area contributed by atoms with E-state index in [-0.39, 0.29) is 17.9 Å². The summed E-state index contributed by atoms with van der Waals surface area (Å²) in [4.78, 5) is 47.6. The highest BCUT2D eigenvalue weighted by Crippen LogP contribution is 2.33. The smallest absolute Gasteiger partial charge is 0.278 e. The van der Waals surface area contributed by atoms with E-state index in [1.54, 1.807) is 31.2 Å². The van der Waals surface area contributed by atoms with Crippen LogP contribution in [0.3, 0.4) is 0 Å². The van der Waals surface area contributed by atoms with Gasteiger partial charge in [-0.15, -0.1) is 0 Å². The van der Waals surface area contributed by atoms with E-state index < -0.39 is 17.4 Å². The van der Waals surface area contributed by atoms with Gasteiger partial charge in [0.25, 0.3) is 5.56 Å². The Balaban J connectivity index is 1.55. The molecule has 0 bridgehead atoms. The number of aromatic nitrogens is 4. The highest BCUT2D eigenvalue weighted by Gasteiger charge is 2.43. The predicted molar refractivity (Wildman–Crippen MR) is 115 cm³/mol. The van der Waals surface area contributed by atoms with E-state index in [4.69, 9.17) is 0 Å². The number of para-hydroxylation sites is 2. The van der Waals surface area contributed by atoms with Gasteiger partial charge in [0, 0.05) is 16.6 Å². The fraction of sp³-hybridized carbons (Fsp3) is 0.143. The number of benzene rings is 2. The Hall–Kier alpha value is -3.46. The molecule has 3 heterocycles. The molecule has 2 aromatic carbocycles. The van der Waals surface area contributed by atoms with Gasteiger partial charge >= 0.3 is 0 Å². The zero-order chi connectivity index (χ0) is 21.0. The molecule has 2 amide bonds. The molecule has 0 spiro atoms. The maximum Gasteiger partial charge on any atom is 0.278 e. The van der Waals surface area contributed by atoms with Crippen LogP contribution in [0.5, 0.6) is 0 Å². The number of amides is 2. The topological polar surface area (TPSA) is 104 Å². The van der Waals surface area contributed by atoms with Gasteiger partial charge in [-0.3, -0.25) is 24.4 Å². The Labute approximate surface area is 178 Å². The number of anilines is 1. The first-order valence-electron chi connectivity index (χ1n) is 9.33. The molecule has 0 aliphatic carbocycles. The minimum Gasteiger partial charge on any atom is -0.322 e. The second kappa shape index (κ2) is 6.81. The van der Waals surface area contributed by atoms with E-state index in [0.29, 0.717) is 17.3 Å². The highest BCUT2D eigenvalue weighted by atomic mass is 79.9. The molecule has 5 rings (SSSR count). The summed E-state index contributed by atoms with van der Waals surface area (Å²) in [6, 6.07) is 14.4. The Morgan fingerprint density at radius 2 is 1.80 bits per heavy atom. The Kier molecular flexibility index (Phi) is 4.21.